The number of amides is 2. The number of fused-ring (bicyclic) bond motifs is 1. The van der Waals surface area contributed by atoms with E-state index in [2.05, 4.69) is 4.98 Å². The van der Waals surface area contributed by atoms with Gasteiger partial charge in [0.2, 0.25) is 0 Å². The molecule has 1 aliphatic rings. The number of rotatable bonds is 2. The molecule has 0 saturated carbocycles. The van der Waals surface area contributed by atoms with Gasteiger partial charge in [0, 0.05) is 6.20 Å². The van der Waals surface area contributed by atoms with Crippen LogP contribution in [0.2, 0.25) is 5.02 Å². The molecule has 0 radical (unpaired) electrons. The average Bonchev–Trinajstić information content (AvgIpc) is 2.72. The van der Waals surface area contributed by atoms with Gasteiger partial charge in [-0.1, -0.05) is 17.7 Å². The van der Waals surface area contributed by atoms with E-state index in [4.69, 9.17) is 23.2 Å². The molecule has 1 aromatic heterocycles. The summed E-state index contributed by atoms with van der Waals surface area (Å²) < 4.78 is 0. The van der Waals surface area contributed by atoms with Gasteiger partial charge in [0.05, 0.1) is 21.7 Å². The second-order valence-corrected chi connectivity index (χ2v) is 5.04. The molecular weight excluding hydrogens is 315 g/mol. The molecular formula is C14H6Cl2N2O3. The Hall–Kier alpha value is -2.24. The molecule has 0 saturated heterocycles. The molecule has 1 aliphatic heterocycles. The molecule has 0 aliphatic carbocycles. The van der Waals surface area contributed by atoms with Crippen molar-refractivity contribution in [3.8, 4) is 0 Å². The van der Waals surface area contributed by atoms with Crippen LogP contribution in [-0.4, -0.2) is 22.0 Å². The van der Waals surface area contributed by atoms with Gasteiger partial charge < -0.3 is 0 Å². The van der Waals surface area contributed by atoms with Crippen LogP contribution >= 0.6 is 23.2 Å². The van der Waals surface area contributed by atoms with Gasteiger partial charge in [-0.3, -0.25) is 14.4 Å². The first kappa shape index (κ1) is 13.7. The van der Waals surface area contributed by atoms with E-state index in [1.54, 1.807) is 6.07 Å². The van der Waals surface area contributed by atoms with Crippen LogP contribution < -0.4 is 4.90 Å². The molecule has 5 nitrogen and oxygen atoms in total. The van der Waals surface area contributed by atoms with Gasteiger partial charge in [-0.25, -0.2) is 9.88 Å². The number of halogens is 2. The lowest BCUT2D eigenvalue weighted by atomic mass is 10.1. The van der Waals surface area contributed by atoms with Crippen molar-refractivity contribution in [3.05, 3.63) is 58.2 Å². The third kappa shape index (κ3) is 2.11. The number of hydrogen-bond donors (Lipinski definition) is 0. The van der Waals surface area contributed by atoms with Crippen molar-refractivity contribution in [2.75, 3.05) is 4.90 Å². The maximum absolute atomic E-state index is 12.3. The molecule has 2 aromatic rings. The van der Waals surface area contributed by atoms with Crippen molar-refractivity contribution in [2.24, 2.45) is 0 Å². The van der Waals surface area contributed by atoms with Crippen LogP contribution in [0.4, 0.5) is 5.82 Å². The summed E-state index contributed by atoms with van der Waals surface area (Å²) in [6.07, 6.45) is 1.20. The predicted molar refractivity (Wildman–Crippen MR) is 77.0 cm³/mol. The summed E-state index contributed by atoms with van der Waals surface area (Å²) >= 11 is 11.3. The molecule has 104 valence electrons. The number of benzene rings is 1. The standard InChI is InChI=1S/C14H6Cl2N2O3/c15-9-3-1-2-8-11(9)14(21)18(13(8)20)10-5-4-7(6-17-10)12(16)19/h1-6H. The van der Waals surface area contributed by atoms with Crippen LogP contribution in [0.5, 0.6) is 0 Å². The van der Waals surface area contributed by atoms with E-state index in [1.165, 1.54) is 30.5 Å². The second kappa shape index (κ2) is 4.95. The minimum absolute atomic E-state index is 0.110. The van der Waals surface area contributed by atoms with Crippen molar-refractivity contribution >= 4 is 46.1 Å². The van der Waals surface area contributed by atoms with Crippen molar-refractivity contribution in [1.82, 2.24) is 4.98 Å². The summed E-state index contributed by atoms with van der Waals surface area (Å²) in [6, 6.07) is 7.43. The first-order valence-corrected chi connectivity index (χ1v) is 6.59. The van der Waals surface area contributed by atoms with Crippen LogP contribution in [0, 0.1) is 0 Å². The molecule has 0 N–H and O–H groups in total. The van der Waals surface area contributed by atoms with Crippen molar-refractivity contribution < 1.29 is 14.4 Å². The zero-order valence-electron chi connectivity index (χ0n) is 10.3. The molecule has 0 bridgehead atoms. The molecule has 0 spiro atoms. The van der Waals surface area contributed by atoms with E-state index in [1.807, 2.05) is 0 Å². The lowest BCUT2D eigenvalue weighted by Gasteiger charge is -2.12. The molecule has 0 fully saturated rings. The Kier molecular flexibility index (Phi) is 3.23. The van der Waals surface area contributed by atoms with E-state index in [0.29, 0.717) is 0 Å². The Balaban J connectivity index is 2.06. The monoisotopic (exact) mass is 320 g/mol. The van der Waals surface area contributed by atoms with Crippen LogP contribution in [-0.2, 0) is 0 Å². The van der Waals surface area contributed by atoms with Crippen LogP contribution in [0.3, 0.4) is 0 Å². The number of nitrogens with zero attached hydrogens (tertiary/aromatic N) is 2. The fraction of sp³-hybridized carbons (Fsp3) is 0. The number of aromatic nitrogens is 1. The Labute approximate surface area is 129 Å². The third-order valence-corrected chi connectivity index (χ3v) is 3.60. The number of hydrogen-bond acceptors (Lipinski definition) is 4. The number of carbonyl (C=O) groups is 3. The van der Waals surface area contributed by atoms with E-state index >= 15 is 0 Å². The zero-order chi connectivity index (χ0) is 15.1. The Morgan fingerprint density at radius 3 is 2.43 bits per heavy atom. The Morgan fingerprint density at radius 1 is 1.10 bits per heavy atom. The normalized spacial score (nSPS) is 13.5. The highest BCUT2D eigenvalue weighted by molar-refractivity contribution is 6.67. The number of imide groups is 1. The summed E-state index contributed by atoms with van der Waals surface area (Å²) in [6.45, 7) is 0. The minimum atomic E-state index is -0.667. The predicted octanol–water partition coefficient (Wildman–Crippen LogP) is 2.91. The fourth-order valence-electron chi connectivity index (χ4n) is 2.09. The lowest BCUT2D eigenvalue weighted by molar-refractivity contribution is 0.0924. The minimum Gasteiger partial charge on any atom is -0.276 e. The van der Waals surface area contributed by atoms with Crippen molar-refractivity contribution in [1.29, 1.82) is 0 Å². The molecule has 1 aromatic carbocycles. The van der Waals surface area contributed by atoms with E-state index in [9.17, 15) is 14.4 Å². The Morgan fingerprint density at radius 2 is 1.86 bits per heavy atom. The van der Waals surface area contributed by atoms with Crippen molar-refractivity contribution in [2.45, 2.75) is 0 Å². The third-order valence-electron chi connectivity index (χ3n) is 3.07. The van der Waals surface area contributed by atoms with Gasteiger partial charge in [-0.05, 0) is 35.9 Å². The summed E-state index contributed by atoms with van der Waals surface area (Å²) in [5.74, 6) is -0.938. The summed E-state index contributed by atoms with van der Waals surface area (Å²) in [7, 11) is 0. The van der Waals surface area contributed by atoms with Gasteiger partial charge in [-0.15, -0.1) is 0 Å². The fourth-order valence-corrected chi connectivity index (χ4v) is 2.45. The molecule has 7 heteroatoms. The molecule has 2 heterocycles. The first-order valence-electron chi connectivity index (χ1n) is 5.84. The quantitative estimate of drug-likeness (QED) is 0.630. The maximum atomic E-state index is 12.3. The largest absolute Gasteiger partial charge is 0.276 e. The number of carbonyl (C=O) groups excluding carboxylic acids is 3. The highest BCUT2D eigenvalue weighted by atomic mass is 35.5. The molecule has 3 rings (SSSR count). The highest BCUT2D eigenvalue weighted by Gasteiger charge is 2.38. The van der Waals surface area contributed by atoms with Gasteiger partial charge in [0.25, 0.3) is 17.1 Å². The van der Waals surface area contributed by atoms with E-state index in [-0.39, 0.29) is 27.5 Å². The first-order chi connectivity index (χ1) is 10.0. The van der Waals surface area contributed by atoms with Crippen LogP contribution in [0.15, 0.2) is 36.5 Å². The van der Waals surface area contributed by atoms with Crippen LogP contribution in [0.1, 0.15) is 31.1 Å². The lowest BCUT2D eigenvalue weighted by Crippen LogP contribution is -2.30. The molecule has 21 heavy (non-hydrogen) atoms. The second-order valence-electron chi connectivity index (χ2n) is 4.29. The maximum Gasteiger partial charge on any atom is 0.268 e. The highest BCUT2D eigenvalue weighted by Crippen LogP contribution is 2.31. The Bertz CT molecular complexity index is 787. The summed E-state index contributed by atoms with van der Waals surface area (Å²) in [5, 5.41) is -0.458. The molecule has 0 atom stereocenters. The van der Waals surface area contributed by atoms with Gasteiger partial charge in [0.1, 0.15) is 5.82 Å². The van der Waals surface area contributed by atoms with E-state index < -0.39 is 17.1 Å². The SMILES string of the molecule is O=C(Cl)c1ccc(N2C(=O)c3cccc(Cl)c3C2=O)nc1. The van der Waals surface area contributed by atoms with Crippen LogP contribution in [0.25, 0.3) is 0 Å². The van der Waals surface area contributed by atoms with E-state index in [0.717, 1.165) is 4.90 Å². The summed E-state index contributed by atoms with van der Waals surface area (Å²) in [5.41, 5.74) is 0.560. The molecule has 0 unspecified atom stereocenters. The molecule has 2 amide bonds. The average molecular weight is 321 g/mol. The van der Waals surface area contributed by atoms with Gasteiger partial charge in [0.15, 0.2) is 0 Å². The topological polar surface area (TPSA) is 67.3 Å². The zero-order valence-corrected chi connectivity index (χ0v) is 11.9. The summed E-state index contributed by atoms with van der Waals surface area (Å²) in [4.78, 5) is 40.5. The van der Waals surface area contributed by atoms with Crippen molar-refractivity contribution in [3.63, 3.8) is 0 Å². The van der Waals surface area contributed by atoms with Gasteiger partial charge >= 0.3 is 0 Å². The smallest absolute Gasteiger partial charge is 0.268 e. The number of pyridine rings is 1. The van der Waals surface area contributed by atoms with Gasteiger partial charge in [-0.2, -0.15) is 0 Å². The number of anilines is 1.